The molecule has 0 saturated carbocycles. The van der Waals surface area contributed by atoms with Crippen LogP contribution in [-0.4, -0.2) is 28.6 Å². The number of nitro benzene ring substituents is 1. The number of carbonyl (C=O) groups is 1. The molecule has 1 rings (SSSR count). The number of nitro groups is 1. The zero-order valence-corrected chi connectivity index (χ0v) is 12.1. The van der Waals surface area contributed by atoms with Gasteiger partial charge in [-0.2, -0.15) is 0 Å². The molecule has 0 bridgehead atoms. The lowest BCUT2D eigenvalue weighted by molar-refractivity contribution is -0.384. The van der Waals surface area contributed by atoms with Crippen LogP contribution in [0.5, 0.6) is 0 Å². The molecule has 0 amide bonds. The average molecular weight is 301 g/mol. The van der Waals surface area contributed by atoms with Crippen LogP contribution in [-0.2, 0) is 4.79 Å². The monoisotopic (exact) mass is 300 g/mol. The predicted molar refractivity (Wildman–Crippen MR) is 77.5 cm³/mol. The molecular formula is C13H17ClN2O4. The van der Waals surface area contributed by atoms with E-state index in [1.54, 1.807) is 11.0 Å². The number of carboxylic acids is 1. The van der Waals surface area contributed by atoms with Gasteiger partial charge in [0, 0.05) is 30.1 Å². The fraction of sp³-hybridized carbons (Fsp3) is 0.462. The third-order valence-corrected chi connectivity index (χ3v) is 3.09. The third kappa shape index (κ3) is 4.38. The summed E-state index contributed by atoms with van der Waals surface area (Å²) in [5, 5.41) is 20.2. The highest BCUT2D eigenvalue weighted by molar-refractivity contribution is 6.31. The van der Waals surface area contributed by atoms with Gasteiger partial charge in [0.05, 0.1) is 4.92 Å². The van der Waals surface area contributed by atoms with E-state index in [1.807, 2.05) is 13.8 Å². The summed E-state index contributed by atoms with van der Waals surface area (Å²) in [6, 6.07) is 4.38. The molecule has 0 aliphatic carbocycles. The summed E-state index contributed by atoms with van der Waals surface area (Å²) in [6.45, 7) is 4.21. The lowest BCUT2D eigenvalue weighted by Gasteiger charge is -2.28. The Morgan fingerprint density at radius 2 is 2.15 bits per heavy atom. The Morgan fingerprint density at radius 3 is 2.65 bits per heavy atom. The van der Waals surface area contributed by atoms with Gasteiger partial charge in [0.2, 0.25) is 0 Å². The molecule has 20 heavy (non-hydrogen) atoms. The predicted octanol–water partition coefficient (Wildman–Crippen LogP) is 3.33. The molecule has 0 saturated heterocycles. The minimum absolute atomic E-state index is 0.000890. The maximum atomic E-state index is 11.1. The van der Waals surface area contributed by atoms with Crippen molar-refractivity contribution >= 4 is 28.9 Å². The van der Waals surface area contributed by atoms with Gasteiger partial charge in [-0.25, -0.2) is 0 Å². The summed E-state index contributed by atoms with van der Waals surface area (Å²) in [7, 11) is 0. The van der Waals surface area contributed by atoms with E-state index < -0.39 is 10.9 Å². The Labute approximate surface area is 122 Å². The summed E-state index contributed by atoms with van der Waals surface area (Å²) in [4.78, 5) is 23.0. The van der Waals surface area contributed by atoms with Crippen molar-refractivity contribution in [2.24, 2.45) is 0 Å². The largest absolute Gasteiger partial charge is 0.481 e. The first-order valence-electron chi connectivity index (χ1n) is 6.25. The molecule has 0 unspecified atom stereocenters. The van der Waals surface area contributed by atoms with Crippen molar-refractivity contribution in [1.82, 2.24) is 0 Å². The fourth-order valence-electron chi connectivity index (χ4n) is 1.94. The molecule has 1 N–H and O–H groups in total. The second-order valence-electron chi connectivity index (χ2n) is 4.67. The standard InChI is InChI=1S/C13H17ClN2O4/c1-9(2)15(7-3-4-13(17)18)12-8-10(14)5-6-11(12)16(19)20/h5-6,8-9H,3-4,7H2,1-2H3,(H,17,18). The van der Waals surface area contributed by atoms with E-state index in [1.165, 1.54) is 12.1 Å². The van der Waals surface area contributed by atoms with Gasteiger partial charge in [0.1, 0.15) is 5.69 Å². The summed E-state index contributed by atoms with van der Waals surface area (Å²) < 4.78 is 0. The normalized spacial score (nSPS) is 10.6. The molecule has 0 aliphatic heterocycles. The maximum Gasteiger partial charge on any atom is 0.303 e. The van der Waals surface area contributed by atoms with Crippen LogP contribution in [0.2, 0.25) is 5.02 Å². The molecule has 6 nitrogen and oxygen atoms in total. The van der Waals surface area contributed by atoms with E-state index in [0.717, 1.165) is 0 Å². The zero-order valence-electron chi connectivity index (χ0n) is 11.4. The first-order chi connectivity index (χ1) is 9.32. The number of nitrogens with zero attached hydrogens (tertiary/aromatic N) is 2. The highest BCUT2D eigenvalue weighted by Gasteiger charge is 2.21. The highest BCUT2D eigenvalue weighted by Crippen LogP contribution is 2.32. The molecule has 7 heteroatoms. The summed E-state index contributed by atoms with van der Waals surface area (Å²) in [5.74, 6) is -0.880. The number of carboxylic acid groups (broad SMARTS) is 1. The quantitative estimate of drug-likeness (QED) is 0.617. The van der Waals surface area contributed by atoms with E-state index in [-0.39, 0.29) is 18.2 Å². The lowest BCUT2D eigenvalue weighted by atomic mass is 10.2. The molecule has 0 fully saturated rings. The van der Waals surface area contributed by atoms with Crippen LogP contribution < -0.4 is 4.90 Å². The van der Waals surface area contributed by atoms with Crippen molar-refractivity contribution in [3.8, 4) is 0 Å². The highest BCUT2D eigenvalue weighted by atomic mass is 35.5. The molecule has 0 heterocycles. The van der Waals surface area contributed by atoms with E-state index >= 15 is 0 Å². The van der Waals surface area contributed by atoms with E-state index in [0.29, 0.717) is 23.7 Å². The van der Waals surface area contributed by atoms with Crippen LogP contribution in [0.25, 0.3) is 0 Å². The minimum atomic E-state index is -0.880. The molecule has 0 aromatic heterocycles. The first-order valence-corrected chi connectivity index (χ1v) is 6.63. The minimum Gasteiger partial charge on any atom is -0.481 e. The number of aliphatic carboxylic acids is 1. The number of halogens is 1. The van der Waals surface area contributed by atoms with Crippen molar-refractivity contribution in [1.29, 1.82) is 0 Å². The molecule has 0 atom stereocenters. The van der Waals surface area contributed by atoms with Crippen molar-refractivity contribution in [2.45, 2.75) is 32.7 Å². The van der Waals surface area contributed by atoms with Gasteiger partial charge in [-0.05, 0) is 32.4 Å². The SMILES string of the molecule is CC(C)N(CCCC(=O)O)c1cc(Cl)ccc1[N+](=O)[O-]. The summed E-state index contributed by atoms with van der Waals surface area (Å²) in [5.41, 5.74) is 0.390. The molecule has 1 aromatic rings. The van der Waals surface area contributed by atoms with Gasteiger partial charge in [-0.1, -0.05) is 11.6 Å². The van der Waals surface area contributed by atoms with Gasteiger partial charge in [-0.3, -0.25) is 14.9 Å². The van der Waals surface area contributed by atoms with Crippen LogP contribution in [0.3, 0.4) is 0 Å². The molecule has 0 spiro atoms. The van der Waals surface area contributed by atoms with Gasteiger partial charge < -0.3 is 10.0 Å². The van der Waals surface area contributed by atoms with Gasteiger partial charge in [-0.15, -0.1) is 0 Å². The topological polar surface area (TPSA) is 83.7 Å². The Balaban J connectivity index is 3.04. The van der Waals surface area contributed by atoms with E-state index in [4.69, 9.17) is 16.7 Å². The third-order valence-electron chi connectivity index (χ3n) is 2.86. The second-order valence-corrected chi connectivity index (χ2v) is 5.11. The molecule has 0 radical (unpaired) electrons. The smallest absolute Gasteiger partial charge is 0.303 e. The van der Waals surface area contributed by atoms with Crippen molar-refractivity contribution in [3.63, 3.8) is 0 Å². The lowest BCUT2D eigenvalue weighted by Crippen LogP contribution is -2.32. The summed E-state index contributed by atoms with van der Waals surface area (Å²) in [6.07, 6.45) is 0.439. The zero-order chi connectivity index (χ0) is 15.3. The second kappa shape index (κ2) is 7.09. The average Bonchev–Trinajstić information content (AvgIpc) is 2.33. The van der Waals surface area contributed by atoms with Gasteiger partial charge in [0.25, 0.3) is 5.69 Å². The van der Waals surface area contributed by atoms with Gasteiger partial charge in [0.15, 0.2) is 0 Å². The Kier molecular flexibility index (Phi) is 5.76. The number of benzene rings is 1. The molecular weight excluding hydrogens is 284 g/mol. The Bertz CT molecular complexity index is 505. The van der Waals surface area contributed by atoms with Gasteiger partial charge >= 0.3 is 5.97 Å². The van der Waals surface area contributed by atoms with Crippen molar-refractivity contribution in [2.75, 3.05) is 11.4 Å². The Hall–Kier alpha value is -1.82. The van der Waals surface area contributed by atoms with Crippen LogP contribution in [0.1, 0.15) is 26.7 Å². The molecule has 0 aliphatic rings. The van der Waals surface area contributed by atoms with Crippen LogP contribution in [0.15, 0.2) is 18.2 Å². The van der Waals surface area contributed by atoms with Crippen molar-refractivity contribution in [3.05, 3.63) is 33.3 Å². The van der Waals surface area contributed by atoms with Crippen LogP contribution in [0.4, 0.5) is 11.4 Å². The number of anilines is 1. The maximum absolute atomic E-state index is 11.1. The fourth-order valence-corrected chi connectivity index (χ4v) is 2.10. The Morgan fingerprint density at radius 1 is 1.50 bits per heavy atom. The van der Waals surface area contributed by atoms with Crippen LogP contribution in [0, 0.1) is 10.1 Å². The number of hydrogen-bond acceptors (Lipinski definition) is 4. The number of hydrogen-bond donors (Lipinski definition) is 1. The molecule has 1 aromatic carbocycles. The van der Waals surface area contributed by atoms with Crippen LogP contribution >= 0.6 is 11.6 Å². The van der Waals surface area contributed by atoms with E-state index in [2.05, 4.69) is 0 Å². The summed E-state index contributed by atoms with van der Waals surface area (Å²) >= 11 is 5.91. The van der Waals surface area contributed by atoms with E-state index in [9.17, 15) is 14.9 Å². The first kappa shape index (κ1) is 16.2. The van der Waals surface area contributed by atoms with Crippen molar-refractivity contribution < 1.29 is 14.8 Å². The molecule has 110 valence electrons. The number of rotatable bonds is 7.